The lowest BCUT2D eigenvalue weighted by Gasteiger charge is -2.32. The van der Waals surface area contributed by atoms with Crippen LogP contribution < -0.4 is 5.46 Å². The van der Waals surface area contributed by atoms with Gasteiger partial charge < -0.3 is 13.9 Å². The highest BCUT2D eigenvalue weighted by molar-refractivity contribution is 6.63. The van der Waals surface area contributed by atoms with E-state index in [0.29, 0.717) is 0 Å². The van der Waals surface area contributed by atoms with Crippen molar-refractivity contribution in [3.63, 3.8) is 0 Å². The van der Waals surface area contributed by atoms with Crippen LogP contribution in [-0.2, 0) is 9.31 Å². The first-order chi connectivity index (χ1) is 18.3. The summed E-state index contributed by atoms with van der Waals surface area (Å²) in [4.78, 5) is 0. The maximum absolute atomic E-state index is 6.52. The number of nitrogens with zero attached hydrogens (tertiary/aromatic N) is 1. The summed E-state index contributed by atoms with van der Waals surface area (Å²) in [5.74, 6) is 0. The van der Waals surface area contributed by atoms with Gasteiger partial charge in [-0.15, -0.1) is 0 Å². The van der Waals surface area contributed by atoms with Crippen LogP contribution in [0.15, 0.2) is 98.1 Å². The fourth-order valence-electron chi connectivity index (χ4n) is 5.51. The van der Waals surface area contributed by atoms with Gasteiger partial charge in [-0.2, -0.15) is 0 Å². The van der Waals surface area contributed by atoms with Crippen molar-refractivity contribution in [1.29, 1.82) is 0 Å². The third-order valence-corrected chi connectivity index (χ3v) is 8.20. The van der Waals surface area contributed by atoms with Crippen LogP contribution in [0.4, 0.5) is 0 Å². The molecule has 0 aliphatic carbocycles. The summed E-state index contributed by atoms with van der Waals surface area (Å²) in [7, 11) is -0.516. The molecule has 4 aromatic carbocycles. The van der Waals surface area contributed by atoms with E-state index < -0.39 is 18.3 Å². The van der Waals surface area contributed by atoms with Crippen molar-refractivity contribution in [2.24, 2.45) is 0 Å². The Labute approximate surface area is 225 Å². The molecule has 0 radical (unpaired) electrons. The molecule has 0 bridgehead atoms. The van der Waals surface area contributed by atoms with Crippen molar-refractivity contribution >= 4 is 46.5 Å². The summed E-state index contributed by atoms with van der Waals surface area (Å²) in [5.41, 5.74) is 7.77. The zero-order valence-corrected chi connectivity index (χ0v) is 22.5. The predicted octanol–water partition coefficient (Wildman–Crippen LogP) is 8.04. The minimum atomic E-state index is -0.516. The van der Waals surface area contributed by atoms with Crippen LogP contribution in [-0.4, -0.2) is 22.9 Å². The molecule has 2 heterocycles. The van der Waals surface area contributed by atoms with E-state index in [9.17, 15) is 0 Å². The second-order valence-electron chi connectivity index (χ2n) is 11.0. The van der Waals surface area contributed by atoms with Gasteiger partial charge in [0.25, 0.3) is 0 Å². The Kier molecular flexibility index (Phi) is 5.71. The maximum atomic E-state index is 6.52. The van der Waals surface area contributed by atoms with Gasteiger partial charge in [-0.25, -0.2) is 0 Å². The number of aromatic nitrogens is 1. The van der Waals surface area contributed by atoms with Gasteiger partial charge in [0.1, 0.15) is 0 Å². The van der Waals surface area contributed by atoms with Crippen molar-refractivity contribution in [1.82, 2.24) is 4.57 Å². The van der Waals surface area contributed by atoms with Crippen LogP contribution in [0, 0.1) is 0 Å². The summed E-state index contributed by atoms with van der Waals surface area (Å²) >= 11 is 0. The summed E-state index contributed by atoms with van der Waals surface area (Å²) < 4.78 is 15.4. The van der Waals surface area contributed by atoms with E-state index in [4.69, 9.17) is 9.31 Å². The molecule has 0 spiro atoms. The Hall–Kier alpha value is -3.86. The molecule has 188 valence electrons. The van der Waals surface area contributed by atoms with E-state index in [0.717, 1.165) is 38.7 Å². The number of para-hydroxylation sites is 1. The third-order valence-electron chi connectivity index (χ3n) is 8.20. The monoisotopic (exact) mass is 497 g/mol. The predicted molar refractivity (Wildman–Crippen MR) is 162 cm³/mol. The lowest BCUT2D eigenvalue weighted by atomic mass is 9.73. The van der Waals surface area contributed by atoms with E-state index in [1.165, 1.54) is 16.5 Å². The Morgan fingerprint density at radius 3 is 1.89 bits per heavy atom. The minimum absolute atomic E-state index is 0.448. The summed E-state index contributed by atoms with van der Waals surface area (Å²) in [6, 6.07) is 30.0. The Morgan fingerprint density at radius 2 is 1.29 bits per heavy atom. The highest BCUT2D eigenvalue weighted by Crippen LogP contribution is 2.40. The van der Waals surface area contributed by atoms with Gasteiger partial charge in [0.15, 0.2) is 0 Å². The van der Waals surface area contributed by atoms with Gasteiger partial charge in [-0.05, 0) is 79.7 Å². The molecule has 1 aliphatic rings. The van der Waals surface area contributed by atoms with Crippen molar-refractivity contribution < 1.29 is 9.31 Å². The first-order valence-electron chi connectivity index (χ1n) is 13.1. The van der Waals surface area contributed by atoms with E-state index in [1.807, 2.05) is 24.3 Å². The SMILES string of the molecule is C=Cc1c(B2OC(C)(C)C(C)(C)O2)cc2c(c1C=C)c1ccc(-c3ccccc3)cc1n2-c1ccccc1. The van der Waals surface area contributed by atoms with Crippen LogP contribution in [0.1, 0.15) is 38.8 Å². The molecule has 0 saturated carbocycles. The van der Waals surface area contributed by atoms with E-state index in [2.05, 4.69) is 118 Å². The summed E-state index contributed by atoms with van der Waals surface area (Å²) in [5, 5.41) is 2.32. The quantitative estimate of drug-likeness (QED) is 0.230. The molecular formula is C34H32BNO2. The van der Waals surface area contributed by atoms with Crippen molar-refractivity contribution in [2.45, 2.75) is 38.9 Å². The Bertz CT molecular complexity index is 1680. The molecule has 0 amide bonds. The topological polar surface area (TPSA) is 23.4 Å². The van der Waals surface area contributed by atoms with Gasteiger partial charge >= 0.3 is 7.12 Å². The molecule has 0 N–H and O–H groups in total. The molecule has 1 aliphatic heterocycles. The standard InChI is InChI=1S/C34H32BNO2/c1-7-26-27(8-2)32-28-20-19-24(23-15-11-9-12-16-23)21-30(28)36(25-17-13-10-14-18-25)31(32)22-29(26)35-37-33(3,4)34(5,6)38-35/h7-22H,1-2H2,3-6H3. The fourth-order valence-corrected chi connectivity index (χ4v) is 5.51. The summed E-state index contributed by atoms with van der Waals surface area (Å²) in [6.45, 7) is 16.7. The first kappa shape index (κ1) is 24.5. The minimum Gasteiger partial charge on any atom is -0.399 e. The summed E-state index contributed by atoms with van der Waals surface area (Å²) in [6.07, 6.45) is 3.84. The average molecular weight is 497 g/mol. The lowest BCUT2D eigenvalue weighted by Crippen LogP contribution is -2.41. The van der Waals surface area contributed by atoms with Crippen molar-refractivity contribution in [2.75, 3.05) is 0 Å². The smallest absolute Gasteiger partial charge is 0.399 e. The zero-order chi connectivity index (χ0) is 26.7. The molecule has 1 saturated heterocycles. The highest BCUT2D eigenvalue weighted by Gasteiger charge is 2.52. The first-order valence-corrected chi connectivity index (χ1v) is 13.1. The molecule has 5 aromatic rings. The number of rotatable bonds is 5. The van der Waals surface area contributed by atoms with Crippen LogP contribution in [0.5, 0.6) is 0 Å². The van der Waals surface area contributed by atoms with Gasteiger partial charge in [-0.3, -0.25) is 0 Å². The highest BCUT2D eigenvalue weighted by atomic mass is 16.7. The van der Waals surface area contributed by atoms with E-state index >= 15 is 0 Å². The second kappa shape index (κ2) is 8.87. The van der Waals surface area contributed by atoms with Crippen LogP contribution in [0.2, 0.25) is 0 Å². The molecular weight excluding hydrogens is 465 g/mol. The van der Waals surface area contributed by atoms with Crippen LogP contribution >= 0.6 is 0 Å². The van der Waals surface area contributed by atoms with E-state index in [-0.39, 0.29) is 0 Å². The molecule has 38 heavy (non-hydrogen) atoms. The van der Waals surface area contributed by atoms with Crippen LogP contribution in [0.3, 0.4) is 0 Å². The molecule has 3 nitrogen and oxygen atoms in total. The molecule has 6 rings (SSSR count). The van der Waals surface area contributed by atoms with Crippen LogP contribution in [0.25, 0.3) is 50.8 Å². The van der Waals surface area contributed by atoms with Gasteiger partial charge in [0.2, 0.25) is 0 Å². The molecule has 1 fully saturated rings. The molecule has 1 aromatic heterocycles. The Morgan fingerprint density at radius 1 is 0.684 bits per heavy atom. The molecule has 0 unspecified atom stereocenters. The van der Waals surface area contributed by atoms with Gasteiger partial charge in [0, 0.05) is 16.5 Å². The Balaban J connectivity index is 1.71. The zero-order valence-electron chi connectivity index (χ0n) is 22.5. The number of hydrogen-bond acceptors (Lipinski definition) is 2. The third kappa shape index (κ3) is 3.67. The average Bonchev–Trinajstić information content (AvgIpc) is 3.36. The lowest BCUT2D eigenvalue weighted by molar-refractivity contribution is 0.00578. The largest absolute Gasteiger partial charge is 0.495 e. The second-order valence-corrected chi connectivity index (χ2v) is 11.0. The van der Waals surface area contributed by atoms with Crippen molar-refractivity contribution in [3.8, 4) is 16.8 Å². The molecule has 4 heteroatoms. The number of benzene rings is 4. The van der Waals surface area contributed by atoms with Gasteiger partial charge in [-0.1, -0.05) is 86.0 Å². The number of fused-ring (bicyclic) bond motifs is 3. The van der Waals surface area contributed by atoms with Gasteiger partial charge in [0.05, 0.1) is 22.2 Å². The van der Waals surface area contributed by atoms with Crippen molar-refractivity contribution in [3.05, 3.63) is 109 Å². The number of hydrogen-bond donors (Lipinski definition) is 0. The maximum Gasteiger partial charge on any atom is 0.495 e. The fraction of sp³-hybridized carbons (Fsp3) is 0.176. The normalized spacial score (nSPS) is 16.3. The molecule has 0 atom stereocenters. The van der Waals surface area contributed by atoms with E-state index in [1.54, 1.807) is 0 Å².